The summed E-state index contributed by atoms with van der Waals surface area (Å²) in [7, 11) is 0. The lowest BCUT2D eigenvalue weighted by Crippen LogP contribution is -2.47. The molecule has 1 atom stereocenters. The van der Waals surface area contributed by atoms with Crippen molar-refractivity contribution in [2.24, 2.45) is 5.73 Å². The van der Waals surface area contributed by atoms with E-state index in [0.717, 1.165) is 20.9 Å². The first-order chi connectivity index (χ1) is 13.5. The van der Waals surface area contributed by atoms with Crippen LogP contribution in [0.5, 0.6) is 0 Å². The standard InChI is InChI=1S/C22H20N2O3S/c1-14-12-17(20(28-14)16-10-6-3-7-11-16)22(27)24-18(19(25)21(23)26)13-15-8-4-2-5-9-15/h2-12,18H,13H2,1H3,(H2,23,26)(H,24,27)/t18-/m0/s1. The Balaban J connectivity index is 1.88. The van der Waals surface area contributed by atoms with Crippen molar-refractivity contribution in [3.63, 3.8) is 0 Å². The molecular formula is C22H20N2O3S. The summed E-state index contributed by atoms with van der Waals surface area (Å²) in [5.41, 5.74) is 7.42. The number of rotatable bonds is 7. The maximum absolute atomic E-state index is 13.0. The highest BCUT2D eigenvalue weighted by Gasteiger charge is 2.27. The number of hydrogen-bond donors (Lipinski definition) is 2. The van der Waals surface area contributed by atoms with Crippen LogP contribution in [0.1, 0.15) is 20.8 Å². The molecule has 0 aliphatic rings. The number of hydrogen-bond acceptors (Lipinski definition) is 4. The van der Waals surface area contributed by atoms with E-state index in [1.165, 1.54) is 11.3 Å². The summed E-state index contributed by atoms with van der Waals surface area (Å²) >= 11 is 1.50. The molecule has 0 radical (unpaired) electrons. The lowest BCUT2D eigenvalue weighted by atomic mass is 10.0. The molecule has 2 amide bonds. The van der Waals surface area contributed by atoms with Crippen LogP contribution in [0.3, 0.4) is 0 Å². The maximum atomic E-state index is 13.0. The molecule has 0 unspecified atom stereocenters. The number of nitrogens with one attached hydrogen (secondary N) is 1. The van der Waals surface area contributed by atoms with E-state index in [1.807, 2.05) is 67.6 Å². The van der Waals surface area contributed by atoms with Crippen molar-refractivity contribution in [2.75, 3.05) is 0 Å². The summed E-state index contributed by atoms with van der Waals surface area (Å²) < 4.78 is 0. The first-order valence-corrected chi connectivity index (χ1v) is 9.61. The van der Waals surface area contributed by atoms with Crippen molar-refractivity contribution in [3.05, 3.63) is 82.7 Å². The summed E-state index contributed by atoms with van der Waals surface area (Å²) in [6, 6.07) is 19.5. The Morgan fingerprint density at radius 3 is 2.21 bits per heavy atom. The van der Waals surface area contributed by atoms with Crippen LogP contribution in [0, 0.1) is 6.92 Å². The highest BCUT2D eigenvalue weighted by molar-refractivity contribution is 7.15. The Bertz CT molecular complexity index is 997. The third kappa shape index (κ3) is 4.53. The van der Waals surface area contributed by atoms with Crippen molar-refractivity contribution >= 4 is 28.9 Å². The lowest BCUT2D eigenvalue weighted by Gasteiger charge is -2.16. The molecule has 3 aromatic rings. The predicted octanol–water partition coefficient (Wildman–Crippen LogP) is 3.12. The minimum Gasteiger partial charge on any atom is -0.363 e. The summed E-state index contributed by atoms with van der Waals surface area (Å²) in [5.74, 6) is -2.28. The predicted molar refractivity (Wildman–Crippen MR) is 110 cm³/mol. The fourth-order valence-electron chi connectivity index (χ4n) is 2.95. The largest absolute Gasteiger partial charge is 0.363 e. The topological polar surface area (TPSA) is 89.3 Å². The molecule has 0 aliphatic carbocycles. The second kappa shape index (κ2) is 8.63. The number of amides is 2. The van der Waals surface area contributed by atoms with Gasteiger partial charge in [0.1, 0.15) is 6.04 Å². The molecule has 0 bridgehead atoms. The van der Waals surface area contributed by atoms with Crippen molar-refractivity contribution in [1.82, 2.24) is 5.32 Å². The minimum absolute atomic E-state index is 0.193. The second-order valence-corrected chi connectivity index (χ2v) is 7.67. The van der Waals surface area contributed by atoms with E-state index in [4.69, 9.17) is 5.73 Å². The molecule has 0 fully saturated rings. The SMILES string of the molecule is Cc1cc(C(=O)N[C@@H](Cc2ccccc2)C(=O)C(N)=O)c(-c2ccccc2)s1. The van der Waals surface area contributed by atoms with Gasteiger partial charge in [-0.1, -0.05) is 60.7 Å². The number of primary amides is 1. The number of carbonyl (C=O) groups excluding carboxylic acids is 3. The molecule has 0 saturated carbocycles. The van der Waals surface area contributed by atoms with Crippen molar-refractivity contribution in [1.29, 1.82) is 0 Å². The Morgan fingerprint density at radius 2 is 1.61 bits per heavy atom. The van der Waals surface area contributed by atoms with Crippen LogP contribution in [-0.2, 0) is 16.0 Å². The maximum Gasteiger partial charge on any atom is 0.287 e. The van der Waals surface area contributed by atoms with Gasteiger partial charge in [0.2, 0.25) is 5.78 Å². The van der Waals surface area contributed by atoms with Gasteiger partial charge >= 0.3 is 0 Å². The zero-order valence-electron chi connectivity index (χ0n) is 15.3. The van der Waals surface area contributed by atoms with Crippen LogP contribution in [0.15, 0.2) is 66.7 Å². The number of ketones is 1. The lowest BCUT2D eigenvalue weighted by molar-refractivity contribution is -0.137. The second-order valence-electron chi connectivity index (χ2n) is 6.41. The summed E-state index contributed by atoms with van der Waals surface area (Å²) in [5, 5.41) is 2.70. The van der Waals surface area contributed by atoms with Gasteiger partial charge in [-0.25, -0.2) is 0 Å². The van der Waals surface area contributed by atoms with E-state index in [2.05, 4.69) is 5.32 Å². The van der Waals surface area contributed by atoms with Gasteiger partial charge in [-0.3, -0.25) is 14.4 Å². The van der Waals surface area contributed by atoms with Gasteiger partial charge in [0, 0.05) is 16.2 Å². The molecule has 3 N–H and O–H groups in total. The molecule has 3 rings (SSSR count). The molecule has 142 valence electrons. The Morgan fingerprint density at radius 1 is 1.00 bits per heavy atom. The monoisotopic (exact) mass is 392 g/mol. The van der Waals surface area contributed by atoms with E-state index in [-0.39, 0.29) is 6.42 Å². The molecule has 6 heteroatoms. The fourth-order valence-corrected chi connectivity index (χ4v) is 3.97. The van der Waals surface area contributed by atoms with E-state index in [1.54, 1.807) is 6.07 Å². The molecule has 1 aromatic heterocycles. The number of aryl methyl sites for hydroxylation is 1. The molecule has 0 aliphatic heterocycles. The van der Waals surface area contributed by atoms with Gasteiger partial charge in [-0.15, -0.1) is 11.3 Å². The number of benzene rings is 2. The zero-order valence-corrected chi connectivity index (χ0v) is 16.2. The summed E-state index contributed by atoms with van der Waals surface area (Å²) in [4.78, 5) is 38.5. The highest BCUT2D eigenvalue weighted by Crippen LogP contribution is 2.32. The highest BCUT2D eigenvalue weighted by atomic mass is 32.1. The normalized spacial score (nSPS) is 11.6. The van der Waals surface area contributed by atoms with Crippen LogP contribution in [0.2, 0.25) is 0 Å². The van der Waals surface area contributed by atoms with Gasteiger partial charge in [-0.2, -0.15) is 0 Å². The van der Waals surface area contributed by atoms with Gasteiger partial charge in [-0.05, 0) is 24.1 Å². The van der Waals surface area contributed by atoms with Gasteiger partial charge < -0.3 is 11.1 Å². The van der Waals surface area contributed by atoms with E-state index in [0.29, 0.717) is 5.56 Å². The average Bonchev–Trinajstić information content (AvgIpc) is 3.10. The molecular weight excluding hydrogens is 372 g/mol. The van der Waals surface area contributed by atoms with E-state index < -0.39 is 23.6 Å². The first-order valence-electron chi connectivity index (χ1n) is 8.80. The number of thiophene rings is 1. The van der Waals surface area contributed by atoms with Crippen LogP contribution in [0.25, 0.3) is 10.4 Å². The third-order valence-electron chi connectivity index (χ3n) is 4.28. The molecule has 28 heavy (non-hydrogen) atoms. The van der Waals surface area contributed by atoms with Gasteiger partial charge in [0.25, 0.3) is 11.8 Å². The molecule has 0 saturated heterocycles. The molecule has 5 nitrogen and oxygen atoms in total. The Kier molecular flexibility index (Phi) is 6.01. The van der Waals surface area contributed by atoms with Crippen LogP contribution >= 0.6 is 11.3 Å². The Hall–Kier alpha value is -3.25. The zero-order chi connectivity index (χ0) is 20.1. The smallest absolute Gasteiger partial charge is 0.287 e. The molecule has 0 spiro atoms. The van der Waals surface area contributed by atoms with Crippen LogP contribution in [-0.4, -0.2) is 23.6 Å². The quantitative estimate of drug-likeness (QED) is 0.606. The summed E-state index contributed by atoms with van der Waals surface area (Å²) in [6.45, 7) is 1.92. The van der Waals surface area contributed by atoms with Gasteiger partial charge in [0.05, 0.1) is 5.56 Å². The average molecular weight is 392 g/mol. The first kappa shape index (κ1) is 19.5. The fraction of sp³-hybridized carbons (Fsp3) is 0.136. The number of carbonyl (C=O) groups is 3. The van der Waals surface area contributed by atoms with E-state index >= 15 is 0 Å². The summed E-state index contributed by atoms with van der Waals surface area (Å²) in [6.07, 6.45) is 0.193. The molecule has 1 heterocycles. The van der Waals surface area contributed by atoms with E-state index in [9.17, 15) is 14.4 Å². The van der Waals surface area contributed by atoms with Crippen molar-refractivity contribution < 1.29 is 14.4 Å². The number of nitrogens with two attached hydrogens (primary N) is 1. The van der Waals surface area contributed by atoms with Crippen LogP contribution < -0.4 is 11.1 Å². The van der Waals surface area contributed by atoms with Crippen molar-refractivity contribution in [3.8, 4) is 10.4 Å². The van der Waals surface area contributed by atoms with Gasteiger partial charge in [0.15, 0.2) is 0 Å². The minimum atomic E-state index is -1.06. The van der Waals surface area contributed by atoms with Crippen LogP contribution in [0.4, 0.5) is 0 Å². The Labute approximate surface area is 167 Å². The van der Waals surface area contributed by atoms with Crippen molar-refractivity contribution in [2.45, 2.75) is 19.4 Å². The third-order valence-corrected chi connectivity index (χ3v) is 5.38. The molecule has 2 aromatic carbocycles. The number of Topliss-reactive ketones (excluding diaryl/α,β-unsaturated/α-hetero) is 1.